The van der Waals surface area contributed by atoms with Crippen molar-refractivity contribution in [2.75, 3.05) is 32.6 Å². The number of anilines is 1. The highest BCUT2D eigenvalue weighted by Crippen LogP contribution is 2.38. The van der Waals surface area contributed by atoms with Gasteiger partial charge in [0.2, 0.25) is 5.91 Å². The Balaban J connectivity index is 1.54. The summed E-state index contributed by atoms with van der Waals surface area (Å²) in [6.07, 6.45) is 5.03. The van der Waals surface area contributed by atoms with Crippen molar-refractivity contribution >= 4 is 28.7 Å². The van der Waals surface area contributed by atoms with Gasteiger partial charge in [0.1, 0.15) is 16.9 Å². The molecule has 1 aliphatic heterocycles. The summed E-state index contributed by atoms with van der Waals surface area (Å²) >= 11 is 0. The second-order valence-electron chi connectivity index (χ2n) is 9.38. The number of rotatable bonds is 7. The van der Waals surface area contributed by atoms with E-state index in [0.29, 0.717) is 30.9 Å². The molecule has 2 aliphatic rings. The lowest BCUT2D eigenvalue weighted by Gasteiger charge is -2.22. The number of amides is 2. The third-order valence-corrected chi connectivity index (χ3v) is 6.94. The summed E-state index contributed by atoms with van der Waals surface area (Å²) in [5, 5.41) is 7.44. The molecule has 0 bridgehead atoms. The maximum Gasteiger partial charge on any atom is 0.255 e. The van der Waals surface area contributed by atoms with Crippen LogP contribution < -0.4 is 11.1 Å². The topological polar surface area (TPSA) is 120 Å². The zero-order valence-electron chi connectivity index (χ0n) is 21.0. The largest absolute Gasteiger partial charge is 0.383 e. The Bertz CT molecular complexity index is 1510. The number of likely N-dealkylation sites (tertiary alicyclic amines) is 1. The standard InChI is InChI=1S/C26H27F2N7O3/c1-4-20(36)33-11-16(10-17(33)12-38-3)35-26(30-2)21(25(29)37)18(32-35)8-5-14-9-19-24(23(28)22(14)27)34(13-31-19)15-6-7-15/h4,9,13,15-17,30H,1,6-7,10-12H2,2-3H3,(H2,29,37)/t16?,17-/m1/s1. The number of methoxy groups -OCH3 is 1. The molecule has 1 saturated heterocycles. The molecule has 1 unspecified atom stereocenters. The summed E-state index contributed by atoms with van der Waals surface area (Å²) < 4.78 is 38.4. The quantitative estimate of drug-likeness (QED) is 0.362. The van der Waals surface area contributed by atoms with Gasteiger partial charge in [-0.3, -0.25) is 9.59 Å². The number of nitrogens with zero attached hydrogens (tertiary/aromatic N) is 5. The van der Waals surface area contributed by atoms with E-state index in [1.807, 2.05) is 0 Å². The van der Waals surface area contributed by atoms with Crippen molar-refractivity contribution in [3.8, 4) is 11.8 Å². The molecular formula is C26H27F2N7O3. The molecule has 5 rings (SSSR count). The highest BCUT2D eigenvalue weighted by molar-refractivity contribution is 6.00. The lowest BCUT2D eigenvalue weighted by atomic mass is 10.1. The molecule has 1 aromatic carbocycles. The first-order valence-electron chi connectivity index (χ1n) is 12.2. The van der Waals surface area contributed by atoms with Gasteiger partial charge in [-0.15, -0.1) is 0 Å². The molecule has 2 amide bonds. The molecule has 0 radical (unpaired) electrons. The summed E-state index contributed by atoms with van der Waals surface area (Å²) in [4.78, 5) is 30.7. The molecular weight excluding hydrogens is 496 g/mol. The number of carbonyl (C=O) groups is 2. The average Bonchev–Trinajstić information content (AvgIpc) is 3.34. The molecule has 2 fully saturated rings. The predicted molar refractivity (Wildman–Crippen MR) is 135 cm³/mol. The molecule has 3 heterocycles. The maximum absolute atomic E-state index is 15.0. The van der Waals surface area contributed by atoms with Gasteiger partial charge in [0, 0.05) is 26.7 Å². The molecule has 1 aliphatic carbocycles. The zero-order chi connectivity index (χ0) is 27.1. The van der Waals surface area contributed by atoms with Crippen molar-refractivity contribution in [1.82, 2.24) is 24.2 Å². The normalized spacial score (nSPS) is 18.9. The molecule has 1 saturated carbocycles. The summed E-state index contributed by atoms with van der Waals surface area (Å²) in [6, 6.07) is 0.955. The number of carbonyl (C=O) groups excluding carboxylic acids is 2. The molecule has 198 valence electrons. The molecule has 10 nitrogen and oxygen atoms in total. The van der Waals surface area contributed by atoms with Crippen LogP contribution in [0, 0.1) is 23.5 Å². The summed E-state index contributed by atoms with van der Waals surface area (Å²) in [5.41, 5.74) is 5.87. The molecule has 3 N–H and O–H groups in total. The number of ether oxygens (including phenoxy) is 1. The Morgan fingerprint density at radius 3 is 2.68 bits per heavy atom. The molecule has 38 heavy (non-hydrogen) atoms. The number of primary amides is 1. The Morgan fingerprint density at radius 2 is 2.05 bits per heavy atom. The number of hydrogen-bond donors (Lipinski definition) is 2. The first kappa shape index (κ1) is 25.4. The van der Waals surface area contributed by atoms with Crippen LogP contribution in [0.5, 0.6) is 0 Å². The maximum atomic E-state index is 15.0. The smallest absolute Gasteiger partial charge is 0.255 e. The monoisotopic (exact) mass is 523 g/mol. The Kier molecular flexibility index (Phi) is 6.62. The number of benzene rings is 1. The Morgan fingerprint density at radius 1 is 1.29 bits per heavy atom. The van der Waals surface area contributed by atoms with Crippen molar-refractivity contribution in [3.05, 3.63) is 53.5 Å². The number of fused-ring (bicyclic) bond motifs is 1. The molecule has 0 spiro atoms. The third kappa shape index (κ3) is 4.28. The fourth-order valence-electron chi connectivity index (χ4n) is 5.04. The fraction of sp³-hybridized carbons (Fsp3) is 0.385. The van der Waals surface area contributed by atoms with E-state index in [4.69, 9.17) is 10.5 Å². The van der Waals surface area contributed by atoms with Crippen LogP contribution >= 0.6 is 0 Å². The Hall–Kier alpha value is -4.24. The van der Waals surface area contributed by atoms with Gasteiger partial charge in [-0.05, 0) is 37.3 Å². The number of hydrogen-bond acceptors (Lipinski definition) is 6. The summed E-state index contributed by atoms with van der Waals surface area (Å²) in [6.45, 7) is 4.16. The van der Waals surface area contributed by atoms with Gasteiger partial charge in [0.05, 0.1) is 36.1 Å². The molecule has 2 atom stereocenters. The average molecular weight is 524 g/mol. The predicted octanol–water partition coefficient (Wildman–Crippen LogP) is 2.36. The second-order valence-corrected chi connectivity index (χ2v) is 9.38. The van der Waals surface area contributed by atoms with Gasteiger partial charge in [-0.25, -0.2) is 18.4 Å². The van der Waals surface area contributed by atoms with Crippen LogP contribution in [-0.4, -0.2) is 69.4 Å². The number of imidazole rings is 1. The first-order valence-corrected chi connectivity index (χ1v) is 12.2. The van der Waals surface area contributed by atoms with Crippen LogP contribution in [-0.2, 0) is 9.53 Å². The lowest BCUT2D eigenvalue weighted by molar-refractivity contribution is -0.127. The van der Waals surface area contributed by atoms with E-state index >= 15 is 0 Å². The van der Waals surface area contributed by atoms with Gasteiger partial charge >= 0.3 is 0 Å². The van der Waals surface area contributed by atoms with Gasteiger partial charge in [0.15, 0.2) is 17.3 Å². The van der Waals surface area contributed by atoms with Crippen LogP contribution in [0.25, 0.3) is 11.0 Å². The van der Waals surface area contributed by atoms with Crippen molar-refractivity contribution in [2.45, 2.75) is 37.4 Å². The SMILES string of the molecule is C=CC(=O)N1CC(n2nc(C#Cc3cc4ncn(C5CC5)c4c(F)c3F)c(C(N)=O)c2NC)C[C@@H]1COC. The molecule has 12 heteroatoms. The number of nitrogens with two attached hydrogens (primary N) is 1. The van der Waals surface area contributed by atoms with Crippen molar-refractivity contribution in [1.29, 1.82) is 0 Å². The highest BCUT2D eigenvalue weighted by Gasteiger charge is 2.38. The van der Waals surface area contributed by atoms with Crippen molar-refractivity contribution in [2.24, 2.45) is 5.73 Å². The van der Waals surface area contributed by atoms with E-state index in [0.717, 1.165) is 12.8 Å². The third-order valence-electron chi connectivity index (χ3n) is 6.94. The number of aromatic nitrogens is 4. The fourth-order valence-corrected chi connectivity index (χ4v) is 5.04. The van der Waals surface area contributed by atoms with E-state index in [2.05, 4.69) is 33.8 Å². The van der Waals surface area contributed by atoms with Crippen molar-refractivity contribution < 1.29 is 23.1 Å². The van der Waals surface area contributed by atoms with Crippen molar-refractivity contribution in [3.63, 3.8) is 0 Å². The molecule has 2 aromatic heterocycles. The summed E-state index contributed by atoms with van der Waals surface area (Å²) in [7, 11) is 3.15. The minimum atomic E-state index is -1.10. The van der Waals surface area contributed by atoms with Crippen LogP contribution in [0.2, 0.25) is 0 Å². The number of halogens is 2. The van der Waals surface area contributed by atoms with Gasteiger partial charge in [0.25, 0.3) is 5.91 Å². The van der Waals surface area contributed by atoms with E-state index in [-0.39, 0.29) is 46.4 Å². The minimum Gasteiger partial charge on any atom is -0.383 e. The van der Waals surface area contributed by atoms with Crippen LogP contribution in [0.15, 0.2) is 25.0 Å². The van der Waals surface area contributed by atoms with E-state index in [9.17, 15) is 18.4 Å². The highest BCUT2D eigenvalue weighted by atomic mass is 19.2. The van der Waals surface area contributed by atoms with E-state index < -0.39 is 17.5 Å². The lowest BCUT2D eigenvalue weighted by Crippen LogP contribution is -2.37. The van der Waals surface area contributed by atoms with Crippen LogP contribution in [0.1, 0.15) is 53.0 Å². The van der Waals surface area contributed by atoms with Gasteiger partial charge in [-0.1, -0.05) is 12.5 Å². The first-order chi connectivity index (χ1) is 18.3. The van der Waals surface area contributed by atoms with Gasteiger partial charge in [-0.2, -0.15) is 5.10 Å². The molecule has 3 aromatic rings. The Labute approximate surface area is 217 Å². The van der Waals surface area contributed by atoms with E-state index in [1.165, 1.54) is 18.5 Å². The van der Waals surface area contributed by atoms with Crippen LogP contribution in [0.4, 0.5) is 14.6 Å². The van der Waals surface area contributed by atoms with Crippen LogP contribution in [0.3, 0.4) is 0 Å². The van der Waals surface area contributed by atoms with Gasteiger partial charge < -0.3 is 25.3 Å². The minimum absolute atomic E-state index is 0.00190. The zero-order valence-corrected chi connectivity index (χ0v) is 21.0. The second kappa shape index (κ2) is 9.90. The number of nitrogens with one attached hydrogen (secondary N) is 1. The summed E-state index contributed by atoms with van der Waals surface area (Å²) in [5.74, 6) is 2.46. The van der Waals surface area contributed by atoms with E-state index in [1.54, 1.807) is 28.3 Å².